The van der Waals surface area contributed by atoms with Crippen LogP contribution in [0.5, 0.6) is 0 Å². The lowest BCUT2D eigenvalue weighted by Gasteiger charge is -2.26. The van der Waals surface area contributed by atoms with Crippen molar-refractivity contribution in [1.29, 1.82) is 21.0 Å². The maximum atomic E-state index is 9.57. The highest BCUT2D eigenvalue weighted by molar-refractivity contribution is 7.25. The monoisotopic (exact) mass is 679 g/mol. The van der Waals surface area contributed by atoms with Gasteiger partial charge in [-0.3, -0.25) is 0 Å². The molecule has 0 aliphatic heterocycles. The van der Waals surface area contributed by atoms with Gasteiger partial charge in [-0.1, -0.05) is 72.8 Å². The number of hydrogen-bond acceptors (Lipinski definition) is 6. The maximum absolute atomic E-state index is 9.57. The number of fused-ring (bicyclic) bond motifs is 3. The van der Waals surface area contributed by atoms with Gasteiger partial charge in [0.2, 0.25) is 0 Å². The van der Waals surface area contributed by atoms with Crippen LogP contribution in [0.3, 0.4) is 0 Å². The van der Waals surface area contributed by atoms with Gasteiger partial charge in [0.1, 0.15) is 24.3 Å². The molecule has 0 atom stereocenters. The molecule has 8 rings (SSSR count). The molecule has 0 spiro atoms. The zero-order valence-corrected chi connectivity index (χ0v) is 28.4. The van der Waals surface area contributed by atoms with E-state index in [0.717, 1.165) is 50.4 Å². The zero-order valence-electron chi connectivity index (χ0n) is 27.6. The fourth-order valence-corrected chi connectivity index (χ4v) is 7.68. The molecule has 0 radical (unpaired) electrons. The molecule has 0 unspecified atom stereocenters. The summed E-state index contributed by atoms with van der Waals surface area (Å²) in [5.41, 5.74) is 10.1. The molecule has 5 nitrogen and oxygen atoms in total. The lowest BCUT2D eigenvalue weighted by molar-refractivity contribution is 1.28. The minimum atomic E-state index is 0.348. The Morgan fingerprint density at radius 2 is 0.731 bits per heavy atom. The van der Waals surface area contributed by atoms with Crippen molar-refractivity contribution in [3.63, 3.8) is 0 Å². The third kappa shape index (κ3) is 5.79. The highest BCUT2D eigenvalue weighted by Gasteiger charge is 2.15. The van der Waals surface area contributed by atoms with Crippen LogP contribution in [-0.4, -0.2) is 0 Å². The molecular formula is C46H25N5S. The highest BCUT2D eigenvalue weighted by atomic mass is 32.1. The molecule has 0 fully saturated rings. The van der Waals surface area contributed by atoms with E-state index in [1.54, 1.807) is 24.3 Å². The van der Waals surface area contributed by atoms with Crippen LogP contribution in [-0.2, 0) is 0 Å². The third-order valence-electron chi connectivity index (χ3n) is 9.27. The first-order chi connectivity index (χ1) is 25.6. The number of rotatable bonds is 6. The number of anilines is 3. The molecule has 0 amide bonds. The van der Waals surface area contributed by atoms with E-state index in [2.05, 4.69) is 120 Å². The molecule has 240 valence electrons. The van der Waals surface area contributed by atoms with Gasteiger partial charge in [-0.25, -0.2) is 0 Å². The Kier molecular flexibility index (Phi) is 8.21. The Hall–Kier alpha value is -7.48. The van der Waals surface area contributed by atoms with Crippen molar-refractivity contribution in [1.82, 2.24) is 0 Å². The van der Waals surface area contributed by atoms with Crippen LogP contribution in [0.2, 0.25) is 0 Å². The van der Waals surface area contributed by atoms with Crippen LogP contribution in [0.25, 0.3) is 53.6 Å². The summed E-state index contributed by atoms with van der Waals surface area (Å²) < 4.78 is 2.56. The Labute approximate surface area is 305 Å². The molecular weight excluding hydrogens is 655 g/mol. The molecule has 1 aromatic heterocycles. The SMILES string of the molecule is N#Cc1ccc(-c2ccc(N(c3ccc(-c4ccc(C#N)c(C#N)c4)cc3)c3ccc(-c4ccc5sc6ccccc6c5c4)cc3)cc2)cc1C#N. The number of benzene rings is 7. The summed E-state index contributed by atoms with van der Waals surface area (Å²) in [6.45, 7) is 0. The standard InChI is InChI=1S/C46H25N5S/c47-26-36-7-5-33(23-38(36)28-49)30-9-16-40(17-10-30)51(41-18-11-31(12-19-41)34-6-8-37(27-48)39(24-34)29-50)42-20-13-32(14-21-42)35-15-22-46-44(25-35)43-3-1-2-4-45(43)52-46/h1-25H. The molecule has 52 heavy (non-hydrogen) atoms. The van der Waals surface area contributed by atoms with Crippen molar-refractivity contribution >= 4 is 48.6 Å². The van der Waals surface area contributed by atoms with Crippen LogP contribution < -0.4 is 4.90 Å². The van der Waals surface area contributed by atoms with E-state index in [1.807, 2.05) is 47.7 Å². The van der Waals surface area contributed by atoms with Crippen molar-refractivity contribution in [3.05, 3.63) is 174 Å². The van der Waals surface area contributed by atoms with Crippen molar-refractivity contribution in [3.8, 4) is 57.7 Å². The van der Waals surface area contributed by atoms with Gasteiger partial charge in [0.05, 0.1) is 22.3 Å². The summed E-state index contributed by atoms with van der Waals surface area (Å²) in [5.74, 6) is 0. The van der Waals surface area contributed by atoms with Crippen molar-refractivity contribution in [2.24, 2.45) is 0 Å². The van der Waals surface area contributed by atoms with Crippen LogP contribution in [0.15, 0.2) is 152 Å². The smallest absolute Gasteiger partial charge is 0.101 e. The first-order valence-electron chi connectivity index (χ1n) is 16.5. The van der Waals surface area contributed by atoms with E-state index in [4.69, 9.17) is 0 Å². The maximum Gasteiger partial charge on any atom is 0.101 e. The van der Waals surface area contributed by atoms with E-state index in [9.17, 15) is 21.0 Å². The quantitative estimate of drug-likeness (QED) is 0.174. The summed E-state index contributed by atoms with van der Waals surface area (Å²) >= 11 is 1.81. The minimum Gasteiger partial charge on any atom is -0.311 e. The Morgan fingerprint density at radius 3 is 1.19 bits per heavy atom. The molecule has 0 saturated carbocycles. The number of nitrogens with zero attached hydrogens (tertiary/aromatic N) is 5. The number of hydrogen-bond donors (Lipinski definition) is 0. The molecule has 0 aliphatic carbocycles. The summed E-state index contributed by atoms with van der Waals surface area (Å²) in [4.78, 5) is 2.19. The van der Waals surface area contributed by atoms with Gasteiger partial charge in [0.25, 0.3) is 0 Å². The van der Waals surface area contributed by atoms with E-state index in [-0.39, 0.29) is 0 Å². The molecule has 1 heterocycles. The van der Waals surface area contributed by atoms with Gasteiger partial charge >= 0.3 is 0 Å². The third-order valence-corrected chi connectivity index (χ3v) is 10.4. The Balaban J connectivity index is 1.17. The van der Waals surface area contributed by atoms with Gasteiger partial charge in [-0.2, -0.15) is 21.0 Å². The average Bonchev–Trinajstić information content (AvgIpc) is 3.59. The van der Waals surface area contributed by atoms with Crippen LogP contribution in [0, 0.1) is 45.3 Å². The van der Waals surface area contributed by atoms with Gasteiger partial charge in [-0.05, 0) is 112 Å². The minimum absolute atomic E-state index is 0.348. The molecule has 0 aliphatic rings. The summed E-state index contributed by atoms with van der Waals surface area (Å²) in [5, 5.41) is 40.4. The predicted octanol–water partition coefficient (Wildman–Crippen LogP) is 12.0. The normalized spacial score (nSPS) is 10.6. The fraction of sp³-hybridized carbons (Fsp3) is 0. The topological polar surface area (TPSA) is 98.4 Å². The zero-order chi connectivity index (χ0) is 35.6. The second-order valence-corrected chi connectivity index (χ2v) is 13.3. The second-order valence-electron chi connectivity index (χ2n) is 12.3. The average molecular weight is 680 g/mol. The van der Waals surface area contributed by atoms with E-state index >= 15 is 0 Å². The lowest BCUT2D eigenvalue weighted by Crippen LogP contribution is -2.09. The number of thiophene rings is 1. The van der Waals surface area contributed by atoms with Gasteiger partial charge in [-0.15, -0.1) is 11.3 Å². The van der Waals surface area contributed by atoms with Gasteiger partial charge < -0.3 is 4.90 Å². The van der Waals surface area contributed by atoms with Crippen molar-refractivity contribution in [2.45, 2.75) is 0 Å². The molecule has 7 aromatic carbocycles. The Bertz CT molecular complexity index is 2700. The Morgan fingerprint density at radius 1 is 0.346 bits per heavy atom. The highest BCUT2D eigenvalue weighted by Crippen LogP contribution is 2.40. The molecule has 0 saturated heterocycles. The van der Waals surface area contributed by atoms with Gasteiger partial charge in [0, 0.05) is 37.2 Å². The fourth-order valence-electron chi connectivity index (χ4n) is 6.59. The first kappa shape index (κ1) is 31.8. The van der Waals surface area contributed by atoms with Gasteiger partial charge in [0.15, 0.2) is 0 Å². The summed E-state index contributed by atoms with van der Waals surface area (Å²) in [6.07, 6.45) is 0. The van der Waals surface area contributed by atoms with Crippen LogP contribution >= 0.6 is 11.3 Å². The molecule has 8 aromatic rings. The summed E-state index contributed by atoms with van der Waals surface area (Å²) in [7, 11) is 0. The van der Waals surface area contributed by atoms with E-state index in [0.29, 0.717) is 22.3 Å². The largest absolute Gasteiger partial charge is 0.311 e. The number of nitriles is 4. The van der Waals surface area contributed by atoms with Crippen LogP contribution in [0.1, 0.15) is 22.3 Å². The molecule has 0 N–H and O–H groups in total. The van der Waals surface area contributed by atoms with Crippen molar-refractivity contribution in [2.75, 3.05) is 4.90 Å². The second kappa shape index (κ2) is 13.4. The van der Waals surface area contributed by atoms with Crippen LogP contribution in [0.4, 0.5) is 17.1 Å². The molecule has 6 heteroatoms. The van der Waals surface area contributed by atoms with Crippen molar-refractivity contribution < 1.29 is 0 Å². The van der Waals surface area contributed by atoms with E-state index in [1.165, 1.54) is 20.2 Å². The lowest BCUT2D eigenvalue weighted by atomic mass is 9.99. The first-order valence-corrected chi connectivity index (χ1v) is 17.3. The van der Waals surface area contributed by atoms with E-state index < -0.39 is 0 Å². The summed E-state index contributed by atoms with van der Waals surface area (Å²) in [6, 6.07) is 59.1. The predicted molar refractivity (Wildman–Crippen MR) is 209 cm³/mol. The molecule has 0 bridgehead atoms.